The number of methoxy groups -OCH3 is 2. The van der Waals surface area contributed by atoms with Crippen molar-refractivity contribution in [1.82, 2.24) is 10.6 Å². The Hall–Kier alpha value is -2.48. The van der Waals surface area contributed by atoms with Gasteiger partial charge in [0, 0.05) is 7.11 Å². The third-order valence-electron chi connectivity index (χ3n) is 3.17. The van der Waals surface area contributed by atoms with E-state index in [4.69, 9.17) is 4.74 Å². The molecule has 1 aromatic carbocycles. The molecule has 1 saturated heterocycles. The molecule has 3 amide bonds. The highest BCUT2D eigenvalue weighted by Gasteiger charge is 2.48. The van der Waals surface area contributed by atoms with Crippen molar-refractivity contribution < 1.29 is 28.2 Å². The first-order valence-electron chi connectivity index (χ1n) is 5.95. The lowest BCUT2D eigenvalue weighted by Crippen LogP contribution is -2.47. The summed E-state index contributed by atoms with van der Waals surface area (Å²) in [5.74, 6) is -2.34. The van der Waals surface area contributed by atoms with Crippen LogP contribution in [0, 0.1) is 5.82 Å². The minimum absolute atomic E-state index is 0.165. The second-order valence-corrected chi connectivity index (χ2v) is 4.43. The van der Waals surface area contributed by atoms with Crippen molar-refractivity contribution in [1.29, 1.82) is 0 Å². The maximum Gasteiger partial charge on any atom is 0.340 e. The van der Waals surface area contributed by atoms with E-state index < -0.39 is 29.3 Å². The van der Waals surface area contributed by atoms with Crippen LogP contribution in [0.25, 0.3) is 0 Å². The fourth-order valence-corrected chi connectivity index (χ4v) is 2.15. The van der Waals surface area contributed by atoms with Crippen LogP contribution >= 0.6 is 0 Å². The first kappa shape index (κ1) is 14.9. The number of ether oxygens (including phenoxy) is 2. The van der Waals surface area contributed by atoms with Gasteiger partial charge in [-0.3, -0.25) is 10.1 Å². The molecule has 0 saturated carbocycles. The second kappa shape index (κ2) is 5.49. The Morgan fingerprint density at radius 2 is 2.05 bits per heavy atom. The number of carbonyl (C=O) groups excluding carboxylic acids is 3. The lowest BCUT2D eigenvalue weighted by atomic mass is 9.90. The number of imide groups is 1. The van der Waals surface area contributed by atoms with Crippen LogP contribution in [0.5, 0.6) is 0 Å². The van der Waals surface area contributed by atoms with Crippen LogP contribution in [-0.4, -0.2) is 38.7 Å². The number of carbonyl (C=O) groups is 3. The van der Waals surface area contributed by atoms with Crippen LogP contribution in [0.15, 0.2) is 18.2 Å². The molecule has 0 spiro atoms. The van der Waals surface area contributed by atoms with Gasteiger partial charge in [-0.1, -0.05) is 6.07 Å². The summed E-state index contributed by atoms with van der Waals surface area (Å²) in [6, 6.07) is 2.84. The summed E-state index contributed by atoms with van der Waals surface area (Å²) in [4.78, 5) is 34.7. The first-order valence-corrected chi connectivity index (χ1v) is 5.95. The van der Waals surface area contributed by atoms with E-state index in [0.717, 1.165) is 13.2 Å². The summed E-state index contributed by atoms with van der Waals surface area (Å²) in [5.41, 5.74) is -1.63. The van der Waals surface area contributed by atoms with Crippen molar-refractivity contribution in [3.05, 3.63) is 35.1 Å². The Balaban J connectivity index is 2.48. The Morgan fingerprint density at radius 1 is 1.33 bits per heavy atom. The van der Waals surface area contributed by atoms with Gasteiger partial charge in [0.2, 0.25) is 0 Å². The standard InChI is InChI=1S/C13H13FN2O5/c1-20-6-13(11(18)15-12(19)16-13)7-3-4-8(9(14)5-7)10(17)21-2/h3-5H,6H2,1-2H3,(H2,15,16,18,19). The minimum Gasteiger partial charge on any atom is -0.465 e. The average Bonchev–Trinajstić information content (AvgIpc) is 2.73. The van der Waals surface area contributed by atoms with Gasteiger partial charge in [0.25, 0.3) is 5.91 Å². The zero-order chi connectivity index (χ0) is 15.6. The molecule has 0 aromatic heterocycles. The van der Waals surface area contributed by atoms with E-state index in [1.165, 1.54) is 19.2 Å². The molecule has 2 rings (SSSR count). The van der Waals surface area contributed by atoms with Crippen LogP contribution < -0.4 is 10.6 Å². The molecular formula is C13H13FN2O5. The number of benzene rings is 1. The van der Waals surface area contributed by atoms with Crippen LogP contribution in [0.4, 0.5) is 9.18 Å². The maximum atomic E-state index is 14.0. The molecule has 1 aliphatic rings. The maximum absolute atomic E-state index is 14.0. The highest BCUT2D eigenvalue weighted by Crippen LogP contribution is 2.27. The summed E-state index contributed by atoms with van der Waals surface area (Å²) in [6.07, 6.45) is 0. The van der Waals surface area contributed by atoms with Crippen LogP contribution in [0.2, 0.25) is 0 Å². The van der Waals surface area contributed by atoms with E-state index in [1.807, 2.05) is 0 Å². The van der Waals surface area contributed by atoms with Crippen LogP contribution in [-0.2, 0) is 19.8 Å². The normalized spacial score (nSPS) is 20.9. The zero-order valence-electron chi connectivity index (χ0n) is 11.4. The molecular weight excluding hydrogens is 283 g/mol. The van der Waals surface area contributed by atoms with Gasteiger partial charge in [0.05, 0.1) is 19.3 Å². The van der Waals surface area contributed by atoms with Gasteiger partial charge in [0.15, 0.2) is 5.54 Å². The number of nitrogens with one attached hydrogen (secondary N) is 2. The molecule has 1 heterocycles. The largest absolute Gasteiger partial charge is 0.465 e. The molecule has 1 fully saturated rings. The summed E-state index contributed by atoms with van der Waals surface area (Å²) < 4.78 is 23.4. The highest BCUT2D eigenvalue weighted by molar-refractivity contribution is 6.07. The van der Waals surface area contributed by atoms with E-state index in [0.29, 0.717) is 0 Å². The van der Waals surface area contributed by atoms with E-state index in [-0.39, 0.29) is 17.7 Å². The lowest BCUT2D eigenvalue weighted by Gasteiger charge is -2.25. The average molecular weight is 296 g/mol. The molecule has 1 aromatic rings. The molecule has 0 aliphatic carbocycles. The summed E-state index contributed by atoms with van der Waals surface area (Å²) >= 11 is 0. The molecule has 0 bridgehead atoms. The molecule has 1 aliphatic heterocycles. The van der Waals surface area contributed by atoms with Gasteiger partial charge >= 0.3 is 12.0 Å². The predicted octanol–water partition coefficient (Wildman–Crippen LogP) is 0.293. The number of hydrogen-bond acceptors (Lipinski definition) is 5. The van der Waals surface area contributed by atoms with Crippen molar-refractivity contribution in [3.63, 3.8) is 0 Å². The quantitative estimate of drug-likeness (QED) is 0.615. The SMILES string of the molecule is COCC1(c2ccc(C(=O)OC)c(F)c2)NC(=O)NC1=O. The Labute approximate surface area is 119 Å². The van der Waals surface area contributed by atoms with Gasteiger partial charge in [0.1, 0.15) is 5.82 Å². The second-order valence-electron chi connectivity index (χ2n) is 4.43. The van der Waals surface area contributed by atoms with Gasteiger partial charge in [-0.25, -0.2) is 14.0 Å². The summed E-state index contributed by atoms with van der Waals surface area (Å²) in [7, 11) is 2.48. The van der Waals surface area contributed by atoms with Crippen molar-refractivity contribution >= 4 is 17.9 Å². The molecule has 1 atom stereocenters. The highest BCUT2D eigenvalue weighted by atomic mass is 19.1. The minimum atomic E-state index is -1.53. The van der Waals surface area contributed by atoms with Crippen molar-refractivity contribution in [2.75, 3.05) is 20.8 Å². The molecule has 7 nitrogen and oxygen atoms in total. The Bertz CT molecular complexity index is 619. The number of rotatable bonds is 4. The van der Waals surface area contributed by atoms with Gasteiger partial charge in [-0.2, -0.15) is 0 Å². The molecule has 8 heteroatoms. The number of urea groups is 1. The predicted molar refractivity (Wildman–Crippen MR) is 68.0 cm³/mol. The lowest BCUT2D eigenvalue weighted by molar-refractivity contribution is -0.126. The van der Waals surface area contributed by atoms with E-state index in [2.05, 4.69) is 15.4 Å². The first-order chi connectivity index (χ1) is 9.94. The van der Waals surface area contributed by atoms with Gasteiger partial charge in [-0.15, -0.1) is 0 Å². The number of halogens is 1. The summed E-state index contributed by atoms with van der Waals surface area (Å²) in [6.45, 7) is -0.179. The summed E-state index contributed by atoms with van der Waals surface area (Å²) in [5, 5.41) is 4.49. The number of amides is 3. The molecule has 2 N–H and O–H groups in total. The number of esters is 1. The topological polar surface area (TPSA) is 93.7 Å². The van der Waals surface area contributed by atoms with Crippen LogP contribution in [0.3, 0.4) is 0 Å². The fraction of sp³-hybridized carbons (Fsp3) is 0.308. The number of hydrogen-bond donors (Lipinski definition) is 2. The third kappa shape index (κ3) is 2.45. The van der Waals surface area contributed by atoms with Crippen molar-refractivity contribution in [2.24, 2.45) is 0 Å². The molecule has 112 valence electrons. The van der Waals surface area contributed by atoms with Gasteiger partial charge in [-0.05, 0) is 17.7 Å². The van der Waals surface area contributed by atoms with Crippen molar-refractivity contribution in [2.45, 2.75) is 5.54 Å². The Kier molecular flexibility index (Phi) is 3.90. The fourth-order valence-electron chi connectivity index (χ4n) is 2.15. The van der Waals surface area contributed by atoms with Crippen LogP contribution in [0.1, 0.15) is 15.9 Å². The molecule has 21 heavy (non-hydrogen) atoms. The van der Waals surface area contributed by atoms with E-state index in [9.17, 15) is 18.8 Å². The molecule has 0 radical (unpaired) electrons. The van der Waals surface area contributed by atoms with E-state index >= 15 is 0 Å². The zero-order valence-corrected chi connectivity index (χ0v) is 11.4. The Morgan fingerprint density at radius 3 is 2.52 bits per heavy atom. The van der Waals surface area contributed by atoms with Crippen molar-refractivity contribution in [3.8, 4) is 0 Å². The van der Waals surface area contributed by atoms with E-state index in [1.54, 1.807) is 0 Å². The third-order valence-corrected chi connectivity index (χ3v) is 3.17. The smallest absolute Gasteiger partial charge is 0.340 e. The monoisotopic (exact) mass is 296 g/mol. The van der Waals surface area contributed by atoms with Gasteiger partial charge < -0.3 is 14.8 Å². The molecule has 1 unspecified atom stereocenters.